The van der Waals surface area contributed by atoms with Crippen molar-refractivity contribution < 1.29 is 5.11 Å². The zero-order chi connectivity index (χ0) is 9.68. The summed E-state index contributed by atoms with van der Waals surface area (Å²) in [5, 5.41) is 17.5. The molecule has 0 aliphatic heterocycles. The topological polar surface area (TPSA) is 44.0 Å². The first-order valence-corrected chi connectivity index (χ1v) is 3.89. The summed E-state index contributed by atoms with van der Waals surface area (Å²) in [5.41, 5.74) is 1.70. The number of nitrogens with zero attached hydrogens (tertiary/aromatic N) is 1. The van der Waals surface area contributed by atoms with Gasteiger partial charge in [0.1, 0.15) is 5.75 Å². The van der Waals surface area contributed by atoms with E-state index >= 15 is 0 Å². The van der Waals surface area contributed by atoms with Crippen molar-refractivity contribution in [3.8, 4) is 23.7 Å². The molecule has 0 unspecified atom stereocenters. The van der Waals surface area contributed by atoms with Crippen LogP contribution in [0.4, 0.5) is 0 Å². The Morgan fingerprint density at radius 3 is 2.77 bits per heavy atom. The Labute approximate surface area is 77.4 Å². The van der Waals surface area contributed by atoms with Gasteiger partial charge in [0.15, 0.2) is 0 Å². The van der Waals surface area contributed by atoms with E-state index in [-0.39, 0.29) is 12.2 Å². The number of benzene rings is 1. The van der Waals surface area contributed by atoms with Crippen LogP contribution < -0.4 is 0 Å². The van der Waals surface area contributed by atoms with E-state index < -0.39 is 0 Å². The van der Waals surface area contributed by atoms with Crippen LogP contribution >= 0.6 is 0 Å². The maximum atomic E-state index is 9.22. The minimum Gasteiger partial charge on any atom is -0.508 e. The minimum atomic E-state index is 0.209. The van der Waals surface area contributed by atoms with Gasteiger partial charge in [-0.05, 0) is 30.7 Å². The van der Waals surface area contributed by atoms with Crippen molar-refractivity contribution in [2.24, 2.45) is 0 Å². The molecule has 64 valence electrons. The summed E-state index contributed by atoms with van der Waals surface area (Å²) in [4.78, 5) is 0. The molecule has 0 spiro atoms. The van der Waals surface area contributed by atoms with Gasteiger partial charge in [0.2, 0.25) is 0 Å². The third-order valence-corrected chi connectivity index (χ3v) is 1.46. The van der Waals surface area contributed by atoms with Crippen LogP contribution in [0.1, 0.15) is 17.5 Å². The first-order valence-electron chi connectivity index (χ1n) is 3.89. The number of aromatic hydroxyl groups is 1. The summed E-state index contributed by atoms with van der Waals surface area (Å²) in [6, 6.07) is 7.04. The molecule has 1 rings (SSSR count). The fraction of sp³-hybridized carbons (Fsp3) is 0.182. The van der Waals surface area contributed by atoms with Gasteiger partial charge in [-0.1, -0.05) is 11.8 Å². The summed E-state index contributed by atoms with van der Waals surface area (Å²) in [7, 11) is 0. The van der Waals surface area contributed by atoms with Crippen LogP contribution in [0.3, 0.4) is 0 Å². The number of phenols is 1. The molecule has 0 aromatic heterocycles. The Morgan fingerprint density at radius 2 is 2.15 bits per heavy atom. The second-order valence-corrected chi connectivity index (χ2v) is 2.69. The van der Waals surface area contributed by atoms with E-state index in [1.54, 1.807) is 12.1 Å². The van der Waals surface area contributed by atoms with Gasteiger partial charge in [-0.25, -0.2) is 0 Å². The Hall–Kier alpha value is -1.93. The Bertz CT molecular complexity index is 384. The third kappa shape index (κ3) is 2.89. The predicted molar refractivity (Wildman–Crippen MR) is 50.0 cm³/mol. The average molecular weight is 171 g/mol. The van der Waals surface area contributed by atoms with Crippen LogP contribution in [-0.4, -0.2) is 5.11 Å². The molecule has 0 fully saturated rings. The maximum Gasteiger partial charge on any atom is 0.117 e. The van der Waals surface area contributed by atoms with Gasteiger partial charge in [0.05, 0.1) is 12.5 Å². The van der Waals surface area contributed by atoms with Crippen molar-refractivity contribution >= 4 is 0 Å². The minimum absolute atomic E-state index is 0.209. The predicted octanol–water partition coefficient (Wildman–Crippen LogP) is 1.97. The third-order valence-electron chi connectivity index (χ3n) is 1.46. The van der Waals surface area contributed by atoms with Gasteiger partial charge >= 0.3 is 0 Å². The molecular weight excluding hydrogens is 162 g/mol. The normalized spacial score (nSPS) is 8.31. The van der Waals surface area contributed by atoms with E-state index in [1.165, 1.54) is 0 Å². The summed E-state index contributed by atoms with van der Waals surface area (Å²) >= 11 is 0. The molecule has 1 aromatic carbocycles. The van der Waals surface area contributed by atoms with Crippen molar-refractivity contribution in [2.75, 3.05) is 0 Å². The Morgan fingerprint density at radius 1 is 1.38 bits per heavy atom. The van der Waals surface area contributed by atoms with Crippen molar-refractivity contribution in [3.05, 3.63) is 29.3 Å². The largest absolute Gasteiger partial charge is 0.508 e. The van der Waals surface area contributed by atoms with E-state index in [0.29, 0.717) is 0 Å². The van der Waals surface area contributed by atoms with Crippen LogP contribution in [0.15, 0.2) is 18.2 Å². The van der Waals surface area contributed by atoms with Gasteiger partial charge in [0.25, 0.3) is 0 Å². The summed E-state index contributed by atoms with van der Waals surface area (Å²) in [6.45, 7) is 1.88. The standard InChI is InChI=1S/C11H9NO/c1-9-6-10(4-2-3-5-12)8-11(13)7-9/h6-8,13H,3H2,1H3. The first-order chi connectivity index (χ1) is 6.22. The van der Waals surface area contributed by atoms with Crippen molar-refractivity contribution in [1.29, 1.82) is 5.26 Å². The molecule has 0 radical (unpaired) electrons. The summed E-state index contributed by atoms with van der Waals surface area (Å²) in [5.74, 6) is 5.69. The van der Waals surface area contributed by atoms with Crippen LogP contribution in [0.2, 0.25) is 0 Å². The number of rotatable bonds is 0. The quantitative estimate of drug-likeness (QED) is 0.606. The first kappa shape index (κ1) is 9.16. The molecule has 0 aliphatic rings. The van der Waals surface area contributed by atoms with Crippen LogP contribution in [-0.2, 0) is 0 Å². The molecule has 13 heavy (non-hydrogen) atoms. The SMILES string of the molecule is Cc1cc(O)cc(C#CCC#N)c1. The van der Waals surface area contributed by atoms with Crippen LogP contribution in [0.5, 0.6) is 5.75 Å². The Kier molecular flexibility index (Phi) is 2.95. The van der Waals surface area contributed by atoms with Crippen molar-refractivity contribution in [2.45, 2.75) is 13.3 Å². The molecule has 0 saturated carbocycles. The summed E-state index contributed by atoms with van der Waals surface area (Å²) in [6.07, 6.45) is 0.217. The zero-order valence-electron chi connectivity index (χ0n) is 7.33. The van der Waals surface area contributed by atoms with Crippen LogP contribution in [0.25, 0.3) is 0 Å². The lowest BCUT2D eigenvalue weighted by atomic mass is 10.1. The number of nitriles is 1. The Balaban J connectivity index is 2.92. The maximum absolute atomic E-state index is 9.22. The second kappa shape index (κ2) is 4.18. The highest BCUT2D eigenvalue weighted by Crippen LogP contribution is 2.13. The molecule has 0 heterocycles. The van der Waals surface area contributed by atoms with Crippen LogP contribution in [0, 0.1) is 30.1 Å². The monoisotopic (exact) mass is 171 g/mol. The zero-order valence-corrected chi connectivity index (χ0v) is 7.33. The molecule has 0 bridgehead atoms. The van der Waals surface area contributed by atoms with Gasteiger partial charge in [0, 0.05) is 5.56 Å². The number of hydrogen-bond acceptors (Lipinski definition) is 2. The van der Waals surface area contributed by atoms with E-state index in [1.807, 2.05) is 19.1 Å². The second-order valence-electron chi connectivity index (χ2n) is 2.69. The molecule has 0 aliphatic carbocycles. The van der Waals surface area contributed by atoms with Gasteiger partial charge < -0.3 is 5.11 Å². The molecular formula is C11H9NO. The van der Waals surface area contributed by atoms with Gasteiger partial charge in [-0.15, -0.1) is 0 Å². The highest BCUT2D eigenvalue weighted by molar-refractivity contribution is 5.42. The number of hydrogen-bond donors (Lipinski definition) is 1. The van der Waals surface area contributed by atoms with E-state index in [9.17, 15) is 5.11 Å². The molecule has 2 nitrogen and oxygen atoms in total. The average Bonchev–Trinajstić information content (AvgIpc) is 2.03. The smallest absolute Gasteiger partial charge is 0.117 e. The molecule has 1 aromatic rings. The fourth-order valence-electron chi connectivity index (χ4n) is 1.02. The number of phenolic OH excluding ortho intramolecular Hbond substituents is 1. The van der Waals surface area contributed by atoms with Gasteiger partial charge in [-0.3, -0.25) is 0 Å². The van der Waals surface area contributed by atoms with E-state index in [4.69, 9.17) is 5.26 Å². The molecule has 1 N–H and O–H groups in total. The highest BCUT2D eigenvalue weighted by atomic mass is 16.3. The molecule has 2 heteroatoms. The summed E-state index contributed by atoms with van der Waals surface area (Å²) < 4.78 is 0. The van der Waals surface area contributed by atoms with Crippen molar-refractivity contribution in [1.82, 2.24) is 0 Å². The molecule has 0 amide bonds. The lowest BCUT2D eigenvalue weighted by Crippen LogP contribution is -1.77. The molecule has 0 atom stereocenters. The lowest BCUT2D eigenvalue weighted by molar-refractivity contribution is 0.474. The number of aryl methyl sites for hydroxylation is 1. The fourth-order valence-corrected chi connectivity index (χ4v) is 1.02. The highest BCUT2D eigenvalue weighted by Gasteiger charge is 1.92. The molecule has 0 saturated heterocycles. The van der Waals surface area contributed by atoms with E-state index in [0.717, 1.165) is 11.1 Å². The van der Waals surface area contributed by atoms with Crippen molar-refractivity contribution in [3.63, 3.8) is 0 Å². The van der Waals surface area contributed by atoms with E-state index in [2.05, 4.69) is 11.8 Å². The van der Waals surface area contributed by atoms with Gasteiger partial charge in [-0.2, -0.15) is 5.26 Å². The lowest BCUT2D eigenvalue weighted by Gasteiger charge is -1.95.